The van der Waals surface area contributed by atoms with Crippen molar-refractivity contribution >= 4 is 5.91 Å². The molecule has 1 atom stereocenters. The molecule has 1 saturated heterocycles. The number of morpholine rings is 1. The van der Waals surface area contributed by atoms with Gasteiger partial charge in [0.2, 0.25) is 0 Å². The van der Waals surface area contributed by atoms with E-state index in [1.807, 2.05) is 7.05 Å². The van der Waals surface area contributed by atoms with Crippen LogP contribution in [0.3, 0.4) is 0 Å². The van der Waals surface area contributed by atoms with Crippen LogP contribution in [0.1, 0.15) is 15.9 Å². The van der Waals surface area contributed by atoms with Crippen molar-refractivity contribution in [2.45, 2.75) is 13.0 Å². The van der Waals surface area contributed by atoms with Crippen LogP contribution in [0.25, 0.3) is 0 Å². The highest BCUT2D eigenvalue weighted by Crippen LogP contribution is 2.16. The Labute approximate surface area is 112 Å². The van der Waals surface area contributed by atoms with Gasteiger partial charge < -0.3 is 15.0 Å². The molecule has 2 rings (SSSR count). The molecule has 0 spiro atoms. The van der Waals surface area contributed by atoms with Crippen molar-refractivity contribution in [1.82, 2.24) is 10.2 Å². The van der Waals surface area contributed by atoms with Crippen LogP contribution in [0.15, 0.2) is 18.2 Å². The number of hydrogen-bond acceptors (Lipinski definition) is 3. The highest BCUT2D eigenvalue weighted by atomic mass is 19.1. The molecule has 4 nitrogen and oxygen atoms in total. The van der Waals surface area contributed by atoms with Gasteiger partial charge in [-0.15, -0.1) is 0 Å². The lowest BCUT2D eigenvalue weighted by Crippen LogP contribution is -2.48. The van der Waals surface area contributed by atoms with E-state index in [-0.39, 0.29) is 17.6 Å². The molecule has 5 heteroatoms. The second-order valence-electron chi connectivity index (χ2n) is 4.74. The Bertz CT molecular complexity index is 463. The first-order valence-electron chi connectivity index (χ1n) is 6.44. The van der Waals surface area contributed by atoms with Gasteiger partial charge in [-0.2, -0.15) is 0 Å². The van der Waals surface area contributed by atoms with E-state index in [1.54, 1.807) is 24.0 Å². The SMILES string of the molecule is CNCC1CN(C(=O)c2cccc(C)c2F)CCO1. The number of likely N-dealkylation sites (N-methyl/N-ethyl adjacent to an activating group) is 1. The number of halogens is 1. The van der Waals surface area contributed by atoms with Gasteiger partial charge in [-0.25, -0.2) is 4.39 Å². The fourth-order valence-corrected chi connectivity index (χ4v) is 2.24. The number of nitrogens with one attached hydrogen (secondary N) is 1. The number of ether oxygens (including phenoxy) is 1. The molecule has 19 heavy (non-hydrogen) atoms. The third-order valence-electron chi connectivity index (χ3n) is 3.28. The van der Waals surface area contributed by atoms with E-state index in [0.29, 0.717) is 31.8 Å². The van der Waals surface area contributed by atoms with Crippen LogP contribution >= 0.6 is 0 Å². The topological polar surface area (TPSA) is 41.6 Å². The summed E-state index contributed by atoms with van der Waals surface area (Å²) in [6.07, 6.45) is -0.0319. The molecule has 0 saturated carbocycles. The number of carbonyl (C=O) groups is 1. The Hall–Kier alpha value is -1.46. The lowest BCUT2D eigenvalue weighted by Gasteiger charge is -2.33. The molecule has 1 fully saturated rings. The van der Waals surface area contributed by atoms with E-state index < -0.39 is 5.82 Å². The van der Waals surface area contributed by atoms with Gasteiger partial charge in [-0.05, 0) is 25.6 Å². The van der Waals surface area contributed by atoms with Crippen molar-refractivity contribution in [3.63, 3.8) is 0 Å². The van der Waals surface area contributed by atoms with Crippen LogP contribution in [0.5, 0.6) is 0 Å². The summed E-state index contributed by atoms with van der Waals surface area (Å²) < 4.78 is 19.5. The quantitative estimate of drug-likeness (QED) is 0.893. The number of nitrogens with zero attached hydrogens (tertiary/aromatic N) is 1. The average Bonchev–Trinajstić information content (AvgIpc) is 2.42. The van der Waals surface area contributed by atoms with Crippen LogP contribution in [0, 0.1) is 12.7 Å². The molecular formula is C14H19FN2O2. The van der Waals surface area contributed by atoms with Crippen LogP contribution in [-0.2, 0) is 4.74 Å². The Morgan fingerprint density at radius 1 is 1.58 bits per heavy atom. The minimum atomic E-state index is -0.427. The third kappa shape index (κ3) is 3.11. The summed E-state index contributed by atoms with van der Waals surface area (Å²) in [5.41, 5.74) is 0.635. The van der Waals surface area contributed by atoms with Crippen LogP contribution < -0.4 is 5.32 Å². The summed E-state index contributed by atoms with van der Waals surface area (Å²) in [5, 5.41) is 3.02. The first kappa shape index (κ1) is 14.0. The summed E-state index contributed by atoms with van der Waals surface area (Å²) >= 11 is 0. The van der Waals surface area contributed by atoms with E-state index in [1.165, 1.54) is 6.07 Å². The molecule has 1 aromatic rings. The van der Waals surface area contributed by atoms with Gasteiger partial charge in [-0.3, -0.25) is 4.79 Å². The van der Waals surface area contributed by atoms with Crippen molar-refractivity contribution < 1.29 is 13.9 Å². The van der Waals surface area contributed by atoms with Crippen molar-refractivity contribution in [2.75, 3.05) is 33.3 Å². The van der Waals surface area contributed by atoms with Gasteiger partial charge in [0.1, 0.15) is 5.82 Å². The summed E-state index contributed by atoms with van der Waals surface area (Å²) in [7, 11) is 1.84. The van der Waals surface area contributed by atoms with Crippen molar-refractivity contribution in [3.8, 4) is 0 Å². The van der Waals surface area contributed by atoms with Crippen molar-refractivity contribution in [2.24, 2.45) is 0 Å². The summed E-state index contributed by atoms with van der Waals surface area (Å²) in [5.74, 6) is -0.685. The number of carbonyl (C=O) groups excluding carboxylic acids is 1. The molecule has 1 N–H and O–H groups in total. The van der Waals surface area contributed by atoms with Gasteiger partial charge in [0, 0.05) is 19.6 Å². The van der Waals surface area contributed by atoms with Crippen molar-refractivity contribution in [1.29, 1.82) is 0 Å². The highest BCUT2D eigenvalue weighted by Gasteiger charge is 2.26. The Morgan fingerprint density at radius 2 is 2.37 bits per heavy atom. The molecule has 1 aliphatic heterocycles. The predicted molar refractivity (Wildman–Crippen MR) is 70.7 cm³/mol. The summed E-state index contributed by atoms with van der Waals surface area (Å²) in [6, 6.07) is 4.90. The lowest BCUT2D eigenvalue weighted by molar-refractivity contribution is -0.0197. The highest BCUT2D eigenvalue weighted by molar-refractivity contribution is 5.94. The normalized spacial score (nSPS) is 19.5. The Morgan fingerprint density at radius 3 is 3.11 bits per heavy atom. The predicted octanol–water partition coefficient (Wildman–Crippen LogP) is 1.19. The maximum Gasteiger partial charge on any atom is 0.257 e. The largest absolute Gasteiger partial charge is 0.373 e. The van der Waals surface area contributed by atoms with Gasteiger partial charge in [0.25, 0.3) is 5.91 Å². The van der Waals surface area contributed by atoms with E-state index in [0.717, 1.165) is 0 Å². The molecule has 1 heterocycles. The van der Waals surface area contributed by atoms with E-state index in [2.05, 4.69) is 5.32 Å². The Kier molecular flexibility index (Phi) is 4.50. The zero-order chi connectivity index (χ0) is 13.8. The van der Waals surface area contributed by atoms with E-state index >= 15 is 0 Å². The van der Waals surface area contributed by atoms with Crippen molar-refractivity contribution in [3.05, 3.63) is 35.1 Å². The fraction of sp³-hybridized carbons (Fsp3) is 0.500. The average molecular weight is 266 g/mol. The molecule has 1 unspecified atom stereocenters. The number of rotatable bonds is 3. The van der Waals surface area contributed by atoms with E-state index in [4.69, 9.17) is 4.74 Å². The minimum Gasteiger partial charge on any atom is -0.373 e. The van der Waals surface area contributed by atoms with Crippen LogP contribution in [0.2, 0.25) is 0 Å². The Balaban J connectivity index is 2.12. The van der Waals surface area contributed by atoms with Gasteiger partial charge in [-0.1, -0.05) is 12.1 Å². The monoisotopic (exact) mass is 266 g/mol. The number of hydrogen-bond donors (Lipinski definition) is 1. The van der Waals surface area contributed by atoms with Gasteiger partial charge in [0.15, 0.2) is 0 Å². The smallest absolute Gasteiger partial charge is 0.257 e. The van der Waals surface area contributed by atoms with Gasteiger partial charge >= 0.3 is 0 Å². The fourth-order valence-electron chi connectivity index (χ4n) is 2.24. The molecule has 1 aromatic carbocycles. The maximum atomic E-state index is 14.0. The first-order chi connectivity index (χ1) is 9.13. The van der Waals surface area contributed by atoms with Gasteiger partial charge in [0.05, 0.1) is 18.3 Å². The number of amides is 1. The maximum absolute atomic E-state index is 14.0. The second kappa shape index (κ2) is 6.12. The zero-order valence-corrected chi connectivity index (χ0v) is 11.3. The number of benzene rings is 1. The van der Waals surface area contributed by atoms with Crippen LogP contribution in [-0.4, -0.2) is 50.2 Å². The van der Waals surface area contributed by atoms with Crippen LogP contribution in [0.4, 0.5) is 4.39 Å². The summed E-state index contributed by atoms with van der Waals surface area (Å²) in [6.45, 7) is 3.83. The minimum absolute atomic E-state index is 0.0319. The third-order valence-corrected chi connectivity index (χ3v) is 3.28. The molecular weight excluding hydrogens is 247 g/mol. The molecule has 1 aliphatic rings. The molecule has 0 aliphatic carbocycles. The molecule has 1 amide bonds. The van der Waals surface area contributed by atoms with E-state index in [9.17, 15) is 9.18 Å². The zero-order valence-electron chi connectivity index (χ0n) is 11.3. The molecule has 0 aromatic heterocycles. The number of aryl methyl sites for hydroxylation is 1. The standard InChI is InChI=1S/C14H19FN2O2/c1-10-4-3-5-12(13(10)15)14(18)17-6-7-19-11(9-17)8-16-2/h3-5,11,16H,6-9H2,1-2H3. The second-order valence-corrected chi connectivity index (χ2v) is 4.74. The molecule has 104 valence electrons. The molecule has 0 radical (unpaired) electrons. The summed E-state index contributed by atoms with van der Waals surface area (Å²) in [4.78, 5) is 14.0. The lowest BCUT2D eigenvalue weighted by atomic mass is 10.1. The molecule has 0 bridgehead atoms. The first-order valence-corrected chi connectivity index (χ1v) is 6.44.